The van der Waals surface area contributed by atoms with Crippen LogP contribution in [0, 0.1) is 0 Å². The van der Waals surface area contributed by atoms with Crippen LogP contribution in [0.4, 0.5) is 0 Å². The van der Waals surface area contributed by atoms with Crippen LogP contribution in [0.25, 0.3) is 0 Å². The number of hydrogen-bond acceptors (Lipinski definition) is 3. The second-order valence-electron chi connectivity index (χ2n) is 1.76. The quantitative estimate of drug-likeness (QED) is 0.488. The summed E-state index contributed by atoms with van der Waals surface area (Å²) < 4.78 is 21.2. The average molecular weight is 190 g/mol. The molecule has 0 bridgehead atoms. The molecule has 0 N–H and O–H groups in total. The maximum atomic E-state index is 11.3. The first-order valence-electron chi connectivity index (χ1n) is 3.56. The van der Waals surface area contributed by atoms with E-state index in [1.807, 2.05) is 0 Å². The van der Waals surface area contributed by atoms with Crippen LogP contribution < -0.4 is 0 Å². The third-order valence-electron chi connectivity index (χ3n) is 1.04. The summed E-state index contributed by atoms with van der Waals surface area (Å²) in [5, 5.41) is 0. The van der Waals surface area contributed by atoms with Gasteiger partial charge in [0.1, 0.15) is 0 Å². The fourth-order valence-electron chi connectivity index (χ4n) is 0.613. The average Bonchev–Trinajstić information content (AvgIpc) is 1.89. The molecule has 0 rings (SSSR count). The summed E-state index contributed by atoms with van der Waals surface area (Å²) in [6, 6.07) is 0. The Balaban J connectivity index is 0. The molecule has 3 nitrogen and oxygen atoms in total. The van der Waals surface area contributed by atoms with Gasteiger partial charge in [0.15, 0.2) is 0 Å². The van der Waals surface area contributed by atoms with E-state index in [1.165, 1.54) is 0 Å². The molecule has 0 aliphatic rings. The molecular weight excluding hydrogens is 174 g/mol. The van der Waals surface area contributed by atoms with E-state index in [0.717, 1.165) is 0 Å². The molecule has 0 aliphatic heterocycles. The van der Waals surface area contributed by atoms with Crippen molar-refractivity contribution >= 4 is 37.2 Å². The Morgan fingerprint density at radius 3 is 1.64 bits per heavy atom. The molecule has 64 valence electrons. The number of rotatable bonds is 5. The molecule has 0 amide bonds. The summed E-state index contributed by atoms with van der Waals surface area (Å²) in [7, 11) is -2.70. The molecule has 0 spiro atoms. The monoisotopic (exact) mass is 190 g/mol. The molecule has 0 fully saturated rings. The summed E-state index contributed by atoms with van der Waals surface area (Å²) in [5.74, 6) is 0. The first kappa shape index (κ1) is 14.7. The van der Waals surface area contributed by atoms with Crippen molar-refractivity contribution in [3.63, 3.8) is 0 Å². The van der Waals surface area contributed by atoms with Crippen molar-refractivity contribution in [2.75, 3.05) is 19.4 Å². The molecule has 0 unspecified atom stereocenters. The van der Waals surface area contributed by atoms with Gasteiger partial charge in [-0.25, -0.2) is 0 Å². The van der Waals surface area contributed by atoms with E-state index in [-0.39, 0.29) is 29.6 Å². The van der Waals surface area contributed by atoms with Gasteiger partial charge in [0.2, 0.25) is 0 Å². The fraction of sp³-hybridized carbons (Fsp3) is 1.00. The van der Waals surface area contributed by atoms with Gasteiger partial charge in [-0.1, -0.05) is 6.92 Å². The Labute approximate surface area is 90.7 Å². The van der Waals surface area contributed by atoms with E-state index < -0.39 is 7.60 Å². The zero-order valence-electron chi connectivity index (χ0n) is 6.79. The predicted octanol–water partition coefficient (Wildman–Crippen LogP) is 1.62. The van der Waals surface area contributed by atoms with Crippen molar-refractivity contribution < 1.29 is 13.6 Å². The Kier molecular flexibility index (Phi) is 10.4. The Morgan fingerprint density at radius 1 is 1.09 bits per heavy atom. The minimum absolute atomic E-state index is 0. The van der Waals surface area contributed by atoms with Gasteiger partial charge >= 0.3 is 37.2 Å². The Hall–Kier alpha value is 1.15. The molecule has 0 saturated carbocycles. The van der Waals surface area contributed by atoms with Crippen molar-refractivity contribution in [3.05, 3.63) is 0 Å². The van der Waals surface area contributed by atoms with Gasteiger partial charge in [-0.05, 0) is 13.8 Å². The Bertz CT molecular complexity index is 119. The van der Waals surface area contributed by atoms with E-state index >= 15 is 0 Å². The third kappa shape index (κ3) is 6.32. The topological polar surface area (TPSA) is 35.5 Å². The van der Waals surface area contributed by atoms with E-state index in [2.05, 4.69) is 0 Å². The molecule has 0 radical (unpaired) electrons. The van der Waals surface area contributed by atoms with Crippen LogP contribution in [0.1, 0.15) is 20.8 Å². The zero-order valence-corrected chi connectivity index (χ0v) is 7.69. The SMILES string of the molecule is CCOP(=O)(CC)OCC.[NaH]. The van der Waals surface area contributed by atoms with Crippen molar-refractivity contribution in [1.82, 2.24) is 0 Å². The molecule has 5 heteroatoms. The van der Waals surface area contributed by atoms with Crippen molar-refractivity contribution in [2.45, 2.75) is 20.8 Å². The van der Waals surface area contributed by atoms with Gasteiger partial charge in [0.05, 0.1) is 13.2 Å². The van der Waals surface area contributed by atoms with E-state index in [9.17, 15) is 4.57 Å². The normalized spacial score (nSPS) is 10.8. The summed E-state index contributed by atoms with van der Waals surface area (Å²) in [6.45, 7) is 6.31. The predicted molar refractivity (Wildman–Crippen MR) is 48.5 cm³/mol. The first-order chi connectivity index (χ1) is 4.68. The van der Waals surface area contributed by atoms with Crippen molar-refractivity contribution in [2.24, 2.45) is 0 Å². The second kappa shape index (κ2) is 7.78. The van der Waals surface area contributed by atoms with Crippen molar-refractivity contribution in [3.8, 4) is 0 Å². The van der Waals surface area contributed by atoms with Crippen LogP contribution in [0.3, 0.4) is 0 Å². The molecule has 0 heterocycles. The standard InChI is InChI=1S/C6H15O3P.Na.H/c1-4-8-10(7,6-3)9-5-2;;/h4-6H2,1-3H3;;. The fourth-order valence-corrected chi connectivity index (χ4v) is 1.84. The summed E-state index contributed by atoms with van der Waals surface area (Å²) in [5.41, 5.74) is 0. The molecule has 0 aliphatic carbocycles. The van der Waals surface area contributed by atoms with Gasteiger partial charge in [0.25, 0.3) is 0 Å². The third-order valence-corrected chi connectivity index (χ3v) is 3.12. The van der Waals surface area contributed by atoms with Gasteiger partial charge in [-0.2, -0.15) is 0 Å². The van der Waals surface area contributed by atoms with Gasteiger partial charge in [0, 0.05) is 6.16 Å². The Morgan fingerprint density at radius 2 is 1.45 bits per heavy atom. The second-order valence-corrected chi connectivity index (χ2v) is 4.13. The molecule has 0 saturated heterocycles. The molecule has 11 heavy (non-hydrogen) atoms. The van der Waals surface area contributed by atoms with E-state index in [1.54, 1.807) is 20.8 Å². The number of hydrogen-bond donors (Lipinski definition) is 0. The molecule has 0 aromatic carbocycles. The van der Waals surface area contributed by atoms with E-state index in [0.29, 0.717) is 19.4 Å². The maximum absolute atomic E-state index is 11.3. The van der Waals surface area contributed by atoms with Crippen LogP contribution in [0.15, 0.2) is 0 Å². The van der Waals surface area contributed by atoms with Crippen molar-refractivity contribution in [1.29, 1.82) is 0 Å². The molecule has 0 aromatic heterocycles. The van der Waals surface area contributed by atoms with Crippen LogP contribution in [-0.4, -0.2) is 48.9 Å². The summed E-state index contributed by atoms with van der Waals surface area (Å²) >= 11 is 0. The van der Waals surface area contributed by atoms with Crippen LogP contribution in [0.5, 0.6) is 0 Å². The molecule has 0 atom stereocenters. The first-order valence-corrected chi connectivity index (χ1v) is 5.29. The van der Waals surface area contributed by atoms with Gasteiger partial charge in [-0.3, -0.25) is 4.57 Å². The summed E-state index contributed by atoms with van der Waals surface area (Å²) in [4.78, 5) is 0. The summed E-state index contributed by atoms with van der Waals surface area (Å²) in [6.07, 6.45) is 0.453. The molecular formula is C6H16NaO3P. The van der Waals surface area contributed by atoms with Crippen LogP contribution in [0.2, 0.25) is 0 Å². The molecule has 0 aromatic rings. The van der Waals surface area contributed by atoms with Crippen LogP contribution >= 0.6 is 7.60 Å². The minimum atomic E-state index is -2.70. The van der Waals surface area contributed by atoms with E-state index in [4.69, 9.17) is 9.05 Å². The van der Waals surface area contributed by atoms with Crippen LogP contribution in [-0.2, 0) is 13.6 Å². The van der Waals surface area contributed by atoms with Gasteiger partial charge in [-0.15, -0.1) is 0 Å². The van der Waals surface area contributed by atoms with Gasteiger partial charge < -0.3 is 9.05 Å². The zero-order chi connectivity index (χ0) is 8.04.